The molecular formula is C12H14F3NO2. The normalized spacial score (nSPS) is 12.3. The van der Waals surface area contributed by atoms with Gasteiger partial charge in [-0.05, 0) is 31.0 Å². The zero-order valence-corrected chi connectivity index (χ0v) is 9.88. The first kappa shape index (κ1) is 14.5. The number of hydrogen-bond donors (Lipinski definition) is 1. The first-order valence-electron chi connectivity index (χ1n) is 5.49. The van der Waals surface area contributed by atoms with Crippen molar-refractivity contribution in [3.63, 3.8) is 0 Å². The molecule has 3 nitrogen and oxygen atoms in total. The number of nitrogens with two attached hydrogens (primary N) is 1. The molecule has 1 aromatic rings. The lowest BCUT2D eigenvalue weighted by molar-refractivity contribution is -0.147. The molecule has 6 heteroatoms. The monoisotopic (exact) mass is 261 g/mol. The zero-order chi connectivity index (χ0) is 13.7. The van der Waals surface area contributed by atoms with Gasteiger partial charge in [0.2, 0.25) is 0 Å². The van der Waals surface area contributed by atoms with Crippen LogP contribution >= 0.6 is 0 Å². The first-order valence-corrected chi connectivity index (χ1v) is 5.49. The maximum absolute atomic E-state index is 13.0. The number of ether oxygens (including phenoxy) is 1. The van der Waals surface area contributed by atoms with Gasteiger partial charge in [-0.1, -0.05) is 0 Å². The second-order valence-electron chi connectivity index (χ2n) is 3.76. The highest BCUT2D eigenvalue weighted by molar-refractivity contribution is 5.73. The highest BCUT2D eigenvalue weighted by Crippen LogP contribution is 2.17. The Morgan fingerprint density at radius 1 is 1.33 bits per heavy atom. The van der Waals surface area contributed by atoms with E-state index in [4.69, 9.17) is 10.5 Å². The minimum atomic E-state index is -1.53. The summed E-state index contributed by atoms with van der Waals surface area (Å²) < 4.78 is 43.5. The highest BCUT2D eigenvalue weighted by atomic mass is 19.2. The van der Waals surface area contributed by atoms with Gasteiger partial charge in [0.15, 0.2) is 17.5 Å². The van der Waals surface area contributed by atoms with Gasteiger partial charge < -0.3 is 10.5 Å². The molecule has 18 heavy (non-hydrogen) atoms. The fourth-order valence-corrected chi connectivity index (χ4v) is 1.53. The third-order valence-corrected chi connectivity index (χ3v) is 2.43. The molecule has 0 aliphatic rings. The fraction of sp³-hybridized carbons (Fsp3) is 0.417. The maximum Gasteiger partial charge on any atom is 0.310 e. The molecular weight excluding hydrogens is 247 g/mol. The summed E-state index contributed by atoms with van der Waals surface area (Å²) in [7, 11) is 0. The molecule has 1 rings (SSSR count). The Hall–Kier alpha value is -1.56. The summed E-state index contributed by atoms with van der Waals surface area (Å²) in [6.45, 7) is 1.82. The molecule has 0 spiro atoms. The predicted octanol–water partition coefficient (Wildman–Crippen LogP) is 1.78. The van der Waals surface area contributed by atoms with Crippen LogP contribution in [0, 0.1) is 23.4 Å². The fourth-order valence-electron chi connectivity index (χ4n) is 1.53. The van der Waals surface area contributed by atoms with Crippen LogP contribution in [0.2, 0.25) is 0 Å². The molecule has 100 valence electrons. The van der Waals surface area contributed by atoms with Crippen LogP contribution in [0.5, 0.6) is 0 Å². The van der Waals surface area contributed by atoms with E-state index in [1.165, 1.54) is 0 Å². The Morgan fingerprint density at radius 3 is 2.33 bits per heavy atom. The van der Waals surface area contributed by atoms with Gasteiger partial charge in [-0.25, -0.2) is 13.2 Å². The summed E-state index contributed by atoms with van der Waals surface area (Å²) in [5.41, 5.74) is 5.56. The summed E-state index contributed by atoms with van der Waals surface area (Å²) in [5.74, 6) is -5.34. The van der Waals surface area contributed by atoms with Gasteiger partial charge in [-0.3, -0.25) is 4.79 Å². The van der Waals surface area contributed by atoms with Gasteiger partial charge in [0, 0.05) is 6.54 Å². The number of hydrogen-bond acceptors (Lipinski definition) is 3. The van der Waals surface area contributed by atoms with E-state index in [1.54, 1.807) is 6.92 Å². The molecule has 0 bridgehead atoms. The standard InChI is InChI=1S/C12H14F3NO2/c1-2-18-12(17)8(6-16)3-7-4-9(13)11(15)10(14)5-7/h4-5,8H,2-3,6,16H2,1H3/t8-/m0/s1. The number of halogens is 3. The van der Waals surface area contributed by atoms with Crippen molar-refractivity contribution in [1.82, 2.24) is 0 Å². The first-order chi connectivity index (χ1) is 8.49. The van der Waals surface area contributed by atoms with Crippen molar-refractivity contribution in [2.75, 3.05) is 13.2 Å². The molecule has 0 heterocycles. The molecule has 0 unspecified atom stereocenters. The molecule has 2 N–H and O–H groups in total. The number of carbonyl (C=O) groups excluding carboxylic acids is 1. The van der Waals surface area contributed by atoms with Gasteiger partial charge >= 0.3 is 5.97 Å². The lowest BCUT2D eigenvalue weighted by Gasteiger charge is -2.13. The van der Waals surface area contributed by atoms with Crippen LogP contribution in [-0.2, 0) is 16.0 Å². The summed E-state index contributed by atoms with van der Waals surface area (Å²) in [6.07, 6.45) is 0.00343. The summed E-state index contributed by atoms with van der Waals surface area (Å²) >= 11 is 0. The van der Waals surface area contributed by atoms with Gasteiger partial charge in [0.25, 0.3) is 0 Å². The molecule has 0 aromatic heterocycles. The molecule has 0 saturated heterocycles. The van der Waals surface area contributed by atoms with Gasteiger partial charge in [0.05, 0.1) is 12.5 Å². The van der Waals surface area contributed by atoms with E-state index in [2.05, 4.69) is 0 Å². The molecule has 0 aliphatic heterocycles. The number of rotatable bonds is 5. The zero-order valence-electron chi connectivity index (χ0n) is 9.88. The van der Waals surface area contributed by atoms with E-state index >= 15 is 0 Å². The van der Waals surface area contributed by atoms with Crippen molar-refractivity contribution in [1.29, 1.82) is 0 Å². The second-order valence-corrected chi connectivity index (χ2v) is 3.76. The van der Waals surface area contributed by atoms with E-state index in [0.29, 0.717) is 0 Å². The van der Waals surface area contributed by atoms with Crippen molar-refractivity contribution >= 4 is 5.97 Å². The van der Waals surface area contributed by atoms with E-state index in [-0.39, 0.29) is 25.1 Å². The molecule has 0 amide bonds. The molecule has 0 saturated carbocycles. The topological polar surface area (TPSA) is 52.3 Å². The summed E-state index contributed by atoms with van der Waals surface area (Å²) in [5, 5.41) is 0. The van der Waals surface area contributed by atoms with Crippen molar-refractivity contribution in [2.24, 2.45) is 11.7 Å². The third kappa shape index (κ3) is 3.46. The molecule has 1 atom stereocenters. The van der Waals surface area contributed by atoms with Crippen LogP contribution in [-0.4, -0.2) is 19.1 Å². The van der Waals surface area contributed by atoms with Gasteiger partial charge in [-0.15, -0.1) is 0 Å². The number of esters is 1. The Balaban J connectivity index is 2.85. The van der Waals surface area contributed by atoms with Crippen LogP contribution in [0.3, 0.4) is 0 Å². The predicted molar refractivity (Wildman–Crippen MR) is 59.2 cm³/mol. The molecule has 0 fully saturated rings. The van der Waals surface area contributed by atoms with Crippen LogP contribution < -0.4 is 5.73 Å². The quantitative estimate of drug-likeness (QED) is 0.649. The number of carbonyl (C=O) groups is 1. The van der Waals surface area contributed by atoms with Crippen LogP contribution in [0.25, 0.3) is 0 Å². The lowest BCUT2D eigenvalue weighted by Crippen LogP contribution is -2.27. The lowest BCUT2D eigenvalue weighted by atomic mass is 9.99. The van der Waals surface area contributed by atoms with Gasteiger partial charge in [0.1, 0.15) is 0 Å². The Morgan fingerprint density at radius 2 is 1.89 bits per heavy atom. The van der Waals surface area contributed by atoms with Crippen LogP contribution in [0.15, 0.2) is 12.1 Å². The smallest absolute Gasteiger partial charge is 0.310 e. The van der Waals surface area contributed by atoms with Crippen molar-refractivity contribution in [3.05, 3.63) is 35.1 Å². The van der Waals surface area contributed by atoms with E-state index < -0.39 is 29.3 Å². The van der Waals surface area contributed by atoms with Gasteiger partial charge in [-0.2, -0.15) is 0 Å². The molecule has 0 radical (unpaired) electrons. The second kappa shape index (κ2) is 6.39. The number of benzene rings is 1. The van der Waals surface area contributed by atoms with E-state index in [9.17, 15) is 18.0 Å². The summed E-state index contributed by atoms with van der Waals surface area (Å²) in [4.78, 5) is 11.5. The van der Waals surface area contributed by atoms with E-state index in [1.807, 2.05) is 0 Å². The molecule has 0 aliphatic carbocycles. The van der Waals surface area contributed by atoms with Crippen molar-refractivity contribution in [2.45, 2.75) is 13.3 Å². The van der Waals surface area contributed by atoms with Crippen LogP contribution in [0.1, 0.15) is 12.5 Å². The average molecular weight is 261 g/mol. The minimum absolute atomic E-state index is 0.00343. The Kier molecular flexibility index (Phi) is 5.15. The summed E-state index contributed by atoms with van der Waals surface area (Å²) in [6, 6.07) is 1.70. The third-order valence-electron chi connectivity index (χ3n) is 2.43. The highest BCUT2D eigenvalue weighted by Gasteiger charge is 2.20. The SMILES string of the molecule is CCOC(=O)[C@H](CN)Cc1cc(F)c(F)c(F)c1. The van der Waals surface area contributed by atoms with E-state index in [0.717, 1.165) is 12.1 Å². The minimum Gasteiger partial charge on any atom is -0.466 e. The Bertz CT molecular complexity index is 414. The van der Waals surface area contributed by atoms with Crippen molar-refractivity contribution < 1.29 is 22.7 Å². The average Bonchev–Trinajstić information content (AvgIpc) is 2.33. The van der Waals surface area contributed by atoms with Crippen LogP contribution in [0.4, 0.5) is 13.2 Å². The van der Waals surface area contributed by atoms with Crippen molar-refractivity contribution in [3.8, 4) is 0 Å². The Labute approximate surface area is 103 Å². The largest absolute Gasteiger partial charge is 0.466 e. The maximum atomic E-state index is 13.0. The molecule has 1 aromatic carbocycles.